The molecule has 0 saturated heterocycles. The maximum atomic E-state index is 5.03. The van der Waals surface area contributed by atoms with Crippen LogP contribution in [0.25, 0.3) is 111 Å². The first-order valence-corrected chi connectivity index (χ1v) is 21.7. The Kier molecular flexibility index (Phi) is 9.12. The van der Waals surface area contributed by atoms with E-state index >= 15 is 0 Å². The van der Waals surface area contributed by atoms with E-state index in [0.29, 0.717) is 5.82 Å². The normalized spacial score (nSPS) is 11.4. The summed E-state index contributed by atoms with van der Waals surface area (Å²) in [4.78, 5) is 5.02. The zero-order valence-corrected chi connectivity index (χ0v) is 34.9. The molecule has 0 aliphatic heterocycles. The van der Waals surface area contributed by atoms with Gasteiger partial charge in [-0.15, -0.1) is 5.10 Å². The molecule has 64 heavy (non-hydrogen) atoms. The van der Waals surface area contributed by atoms with Crippen molar-refractivity contribution in [1.82, 2.24) is 19.3 Å². The van der Waals surface area contributed by atoms with Crippen molar-refractivity contribution in [3.63, 3.8) is 0 Å². The molecule has 0 spiro atoms. The second-order valence-corrected chi connectivity index (χ2v) is 16.2. The molecule has 0 fully saturated rings. The van der Waals surface area contributed by atoms with Crippen molar-refractivity contribution in [3.8, 4) is 78.7 Å². The highest BCUT2D eigenvalue weighted by Crippen LogP contribution is 2.41. The maximum absolute atomic E-state index is 5.03. The average Bonchev–Trinajstić information content (AvgIpc) is 3.97. The van der Waals surface area contributed by atoms with Crippen LogP contribution in [-0.2, 0) is 0 Å². The van der Waals surface area contributed by atoms with Gasteiger partial charge in [0, 0.05) is 27.6 Å². The molecule has 0 saturated carbocycles. The second-order valence-electron chi connectivity index (χ2n) is 16.2. The maximum Gasteiger partial charge on any atom is 0.182 e. The summed E-state index contributed by atoms with van der Waals surface area (Å²) in [6.45, 7) is 0. The van der Waals surface area contributed by atoms with Crippen LogP contribution in [0, 0.1) is 0 Å². The molecule has 0 amide bonds. The zero-order chi connectivity index (χ0) is 42.4. The summed E-state index contributed by atoms with van der Waals surface area (Å²) in [5, 5.41) is 9.99. The standard InChI is InChI=1S/C60H40N4/c1-3-16-44(17-4-1)59-61-60(45-18-5-2-6-19-45)64(62-59)50-36-31-43(32-37-50)51-21-9-11-23-53(51)54-24-12-10-22-52(54)48-33-38-58-56(40-48)55-25-13-14-26-57(55)63(58)49-34-29-42(30-35-49)47-28-27-41-15-7-8-20-46(41)39-47/h1-40H. The molecule has 0 aliphatic rings. The van der Waals surface area contributed by atoms with Crippen LogP contribution in [0.1, 0.15) is 0 Å². The van der Waals surface area contributed by atoms with Crippen LogP contribution in [0.3, 0.4) is 0 Å². The van der Waals surface area contributed by atoms with E-state index in [1.807, 2.05) is 41.1 Å². The molecule has 2 aromatic heterocycles. The van der Waals surface area contributed by atoms with E-state index in [9.17, 15) is 0 Å². The summed E-state index contributed by atoms with van der Waals surface area (Å²) in [6, 6.07) is 86.6. The lowest BCUT2D eigenvalue weighted by molar-refractivity contribution is 0.891. The smallest absolute Gasteiger partial charge is 0.182 e. The number of benzene rings is 10. The van der Waals surface area contributed by atoms with Crippen molar-refractivity contribution in [2.24, 2.45) is 0 Å². The zero-order valence-electron chi connectivity index (χ0n) is 34.9. The van der Waals surface area contributed by atoms with Crippen LogP contribution in [0.4, 0.5) is 0 Å². The van der Waals surface area contributed by atoms with Gasteiger partial charge in [-0.25, -0.2) is 9.67 Å². The van der Waals surface area contributed by atoms with Gasteiger partial charge < -0.3 is 4.57 Å². The first-order chi connectivity index (χ1) is 31.7. The lowest BCUT2D eigenvalue weighted by Crippen LogP contribution is -1.99. The van der Waals surface area contributed by atoms with Crippen LogP contribution in [0.5, 0.6) is 0 Å². The quantitative estimate of drug-likeness (QED) is 0.153. The van der Waals surface area contributed by atoms with E-state index < -0.39 is 0 Å². The monoisotopic (exact) mass is 816 g/mol. The fourth-order valence-corrected chi connectivity index (χ4v) is 9.29. The van der Waals surface area contributed by atoms with Gasteiger partial charge in [-0.05, 0) is 104 Å². The van der Waals surface area contributed by atoms with Gasteiger partial charge in [0.15, 0.2) is 11.6 Å². The summed E-state index contributed by atoms with van der Waals surface area (Å²) in [7, 11) is 0. The Morgan fingerprint density at radius 3 is 1.56 bits per heavy atom. The van der Waals surface area contributed by atoms with Crippen molar-refractivity contribution in [1.29, 1.82) is 0 Å². The molecule has 0 radical (unpaired) electrons. The number of hydrogen-bond donors (Lipinski definition) is 0. The Bertz CT molecular complexity index is 3640. The van der Waals surface area contributed by atoms with Gasteiger partial charge in [-0.2, -0.15) is 0 Å². The molecule has 0 aliphatic carbocycles. The van der Waals surface area contributed by atoms with Crippen molar-refractivity contribution in [2.45, 2.75) is 0 Å². The largest absolute Gasteiger partial charge is 0.309 e. The molecule has 10 aromatic carbocycles. The predicted octanol–water partition coefficient (Wildman–Crippen LogP) is 15.5. The Morgan fingerprint density at radius 1 is 0.297 bits per heavy atom. The molecule has 300 valence electrons. The highest BCUT2D eigenvalue weighted by atomic mass is 15.4. The van der Waals surface area contributed by atoms with Crippen LogP contribution in [0.15, 0.2) is 243 Å². The molecular formula is C60H40N4. The van der Waals surface area contributed by atoms with E-state index in [1.165, 1.54) is 66.0 Å². The summed E-state index contributed by atoms with van der Waals surface area (Å²) in [5.41, 5.74) is 15.9. The van der Waals surface area contributed by atoms with Crippen molar-refractivity contribution in [3.05, 3.63) is 243 Å². The summed E-state index contributed by atoms with van der Waals surface area (Å²) < 4.78 is 4.35. The summed E-state index contributed by atoms with van der Waals surface area (Å²) in [6.07, 6.45) is 0. The number of rotatable bonds is 8. The van der Waals surface area contributed by atoms with Crippen LogP contribution < -0.4 is 0 Å². The molecule has 4 nitrogen and oxygen atoms in total. The number of nitrogens with zero attached hydrogens (tertiary/aromatic N) is 4. The van der Waals surface area contributed by atoms with Gasteiger partial charge in [0.05, 0.1) is 16.7 Å². The van der Waals surface area contributed by atoms with Gasteiger partial charge in [0.1, 0.15) is 0 Å². The fourth-order valence-electron chi connectivity index (χ4n) is 9.29. The molecule has 0 atom stereocenters. The molecule has 0 N–H and O–H groups in total. The van der Waals surface area contributed by atoms with Crippen LogP contribution in [0.2, 0.25) is 0 Å². The number of para-hydroxylation sites is 1. The van der Waals surface area contributed by atoms with Crippen molar-refractivity contribution < 1.29 is 0 Å². The van der Waals surface area contributed by atoms with E-state index in [1.54, 1.807) is 0 Å². The predicted molar refractivity (Wildman–Crippen MR) is 266 cm³/mol. The van der Waals surface area contributed by atoms with Crippen LogP contribution in [-0.4, -0.2) is 19.3 Å². The Labute approximate surface area is 371 Å². The van der Waals surface area contributed by atoms with Gasteiger partial charge in [-0.3, -0.25) is 0 Å². The first-order valence-electron chi connectivity index (χ1n) is 21.7. The summed E-state index contributed by atoms with van der Waals surface area (Å²) in [5.74, 6) is 1.50. The third kappa shape index (κ3) is 6.57. The van der Waals surface area contributed by atoms with E-state index in [0.717, 1.165) is 39.5 Å². The number of aromatic nitrogens is 4. The van der Waals surface area contributed by atoms with Gasteiger partial charge in [0.2, 0.25) is 0 Å². The van der Waals surface area contributed by atoms with Gasteiger partial charge in [-0.1, -0.05) is 194 Å². The summed E-state index contributed by atoms with van der Waals surface area (Å²) >= 11 is 0. The molecule has 0 unspecified atom stereocenters. The minimum Gasteiger partial charge on any atom is -0.309 e. The lowest BCUT2D eigenvalue weighted by Gasteiger charge is -2.15. The first kappa shape index (κ1) is 37.2. The minimum atomic E-state index is 0.694. The third-order valence-corrected chi connectivity index (χ3v) is 12.4. The van der Waals surface area contributed by atoms with Crippen LogP contribution >= 0.6 is 0 Å². The SMILES string of the molecule is c1ccc(-c2nc(-c3ccccc3)n(-c3ccc(-c4ccccc4-c4ccccc4-c4ccc5c(c4)c4ccccc4n5-c4ccc(-c5ccc6ccccc6c5)cc4)cc3)n2)cc1. The highest BCUT2D eigenvalue weighted by Gasteiger charge is 2.18. The van der Waals surface area contributed by atoms with Crippen molar-refractivity contribution >= 4 is 32.6 Å². The highest BCUT2D eigenvalue weighted by molar-refractivity contribution is 6.11. The second kappa shape index (κ2) is 15.7. The Balaban J connectivity index is 0.906. The molecular weight excluding hydrogens is 777 g/mol. The molecule has 2 heterocycles. The molecule has 4 heteroatoms. The molecule has 12 rings (SSSR count). The van der Waals surface area contributed by atoms with Crippen molar-refractivity contribution in [2.75, 3.05) is 0 Å². The fraction of sp³-hybridized carbons (Fsp3) is 0. The lowest BCUT2D eigenvalue weighted by atomic mass is 9.89. The number of hydrogen-bond acceptors (Lipinski definition) is 2. The van der Waals surface area contributed by atoms with E-state index in [-0.39, 0.29) is 0 Å². The topological polar surface area (TPSA) is 35.6 Å². The molecule has 12 aromatic rings. The van der Waals surface area contributed by atoms with E-state index in [4.69, 9.17) is 10.1 Å². The van der Waals surface area contributed by atoms with Gasteiger partial charge in [0.25, 0.3) is 0 Å². The third-order valence-electron chi connectivity index (χ3n) is 12.4. The van der Waals surface area contributed by atoms with Gasteiger partial charge >= 0.3 is 0 Å². The number of fused-ring (bicyclic) bond motifs is 4. The Morgan fingerprint density at radius 2 is 0.828 bits per heavy atom. The Hall–Kier alpha value is -8.60. The van der Waals surface area contributed by atoms with E-state index in [2.05, 4.69) is 211 Å². The minimum absolute atomic E-state index is 0.694. The molecule has 0 bridgehead atoms. The average molecular weight is 817 g/mol.